The molecule has 1 heterocycles. The number of benzene rings is 2. The maximum atomic E-state index is 13.4. The standard InChI is InChI=1S/C24H29N3O2/c1-6-14-27-24(29)20-11-8-7-10-19(20)22(26-27)23(28)25-21-17(15(2)3)12-9-13-18(21)16(4)5/h7-13,15-16H,6,14H2,1-5H3,(H,25,28). The highest BCUT2D eigenvalue weighted by atomic mass is 16.2. The molecule has 5 heteroatoms. The predicted octanol–water partition coefficient (Wildman–Crippen LogP) is 5.31. The first kappa shape index (κ1) is 20.8. The summed E-state index contributed by atoms with van der Waals surface area (Å²) >= 11 is 0. The first-order valence-corrected chi connectivity index (χ1v) is 10.3. The van der Waals surface area contributed by atoms with E-state index >= 15 is 0 Å². The third kappa shape index (κ3) is 4.09. The highest BCUT2D eigenvalue weighted by molar-refractivity contribution is 6.11. The lowest BCUT2D eigenvalue weighted by atomic mass is 9.92. The third-order valence-electron chi connectivity index (χ3n) is 5.13. The van der Waals surface area contributed by atoms with Crippen LogP contribution in [0.1, 0.15) is 74.5 Å². The molecule has 2 aromatic carbocycles. The first-order valence-electron chi connectivity index (χ1n) is 10.3. The molecule has 1 N–H and O–H groups in total. The lowest BCUT2D eigenvalue weighted by molar-refractivity contribution is 0.102. The maximum Gasteiger partial charge on any atom is 0.276 e. The van der Waals surface area contributed by atoms with E-state index in [1.807, 2.05) is 25.1 Å². The highest BCUT2D eigenvalue weighted by Crippen LogP contribution is 2.32. The smallest absolute Gasteiger partial charge is 0.276 e. The van der Waals surface area contributed by atoms with Gasteiger partial charge in [0.05, 0.1) is 5.39 Å². The molecule has 0 radical (unpaired) electrons. The first-order chi connectivity index (χ1) is 13.8. The molecule has 1 amide bonds. The summed E-state index contributed by atoms with van der Waals surface area (Å²) in [5, 5.41) is 8.64. The van der Waals surface area contributed by atoms with Crippen molar-refractivity contribution in [2.45, 2.75) is 59.4 Å². The fraction of sp³-hybridized carbons (Fsp3) is 0.375. The summed E-state index contributed by atoms with van der Waals surface area (Å²) < 4.78 is 1.40. The van der Waals surface area contributed by atoms with Crippen molar-refractivity contribution in [3.63, 3.8) is 0 Å². The zero-order chi connectivity index (χ0) is 21.1. The minimum Gasteiger partial charge on any atom is -0.320 e. The predicted molar refractivity (Wildman–Crippen MR) is 119 cm³/mol. The Morgan fingerprint density at radius 3 is 2.10 bits per heavy atom. The van der Waals surface area contributed by atoms with Crippen molar-refractivity contribution in [1.29, 1.82) is 0 Å². The third-order valence-corrected chi connectivity index (χ3v) is 5.13. The van der Waals surface area contributed by atoms with Gasteiger partial charge in [0.15, 0.2) is 5.69 Å². The SMILES string of the molecule is CCCn1nc(C(=O)Nc2c(C(C)C)cccc2C(C)C)c2ccccc2c1=O. The van der Waals surface area contributed by atoms with Crippen molar-refractivity contribution in [2.24, 2.45) is 0 Å². The average molecular weight is 392 g/mol. The van der Waals surface area contributed by atoms with Crippen LogP contribution in [-0.4, -0.2) is 15.7 Å². The molecule has 0 aliphatic rings. The van der Waals surface area contributed by atoms with Gasteiger partial charge >= 0.3 is 0 Å². The summed E-state index contributed by atoms with van der Waals surface area (Å²) in [4.78, 5) is 26.1. The molecule has 0 saturated carbocycles. The van der Waals surface area contributed by atoms with Crippen molar-refractivity contribution in [3.8, 4) is 0 Å². The molecule has 0 saturated heterocycles. The van der Waals surface area contributed by atoms with Crippen LogP contribution < -0.4 is 10.9 Å². The summed E-state index contributed by atoms with van der Waals surface area (Å²) in [6, 6.07) is 13.3. The van der Waals surface area contributed by atoms with Crippen LogP contribution in [0.15, 0.2) is 47.3 Å². The Hall–Kier alpha value is -2.95. The lowest BCUT2D eigenvalue weighted by Gasteiger charge is -2.20. The topological polar surface area (TPSA) is 64.0 Å². The zero-order valence-corrected chi connectivity index (χ0v) is 17.8. The van der Waals surface area contributed by atoms with Crippen LogP contribution in [0.25, 0.3) is 10.8 Å². The van der Waals surface area contributed by atoms with E-state index < -0.39 is 0 Å². The van der Waals surface area contributed by atoms with Crippen LogP contribution >= 0.6 is 0 Å². The fourth-order valence-corrected chi connectivity index (χ4v) is 3.63. The normalized spacial score (nSPS) is 11.4. The molecule has 5 nitrogen and oxygen atoms in total. The van der Waals surface area contributed by atoms with E-state index in [0.717, 1.165) is 23.2 Å². The summed E-state index contributed by atoms with van der Waals surface area (Å²) in [5.74, 6) is 0.242. The van der Waals surface area contributed by atoms with Crippen LogP contribution in [0, 0.1) is 0 Å². The summed E-state index contributed by atoms with van der Waals surface area (Å²) in [5.41, 5.74) is 3.15. The number of anilines is 1. The number of rotatable bonds is 6. The molecule has 3 rings (SSSR count). The fourth-order valence-electron chi connectivity index (χ4n) is 3.63. The van der Waals surface area contributed by atoms with E-state index in [-0.39, 0.29) is 29.0 Å². The van der Waals surface area contributed by atoms with E-state index in [0.29, 0.717) is 17.3 Å². The van der Waals surface area contributed by atoms with E-state index in [9.17, 15) is 9.59 Å². The van der Waals surface area contributed by atoms with E-state index in [1.54, 1.807) is 12.1 Å². The minimum atomic E-state index is -0.291. The van der Waals surface area contributed by atoms with E-state index in [4.69, 9.17) is 0 Å². The van der Waals surface area contributed by atoms with Crippen molar-refractivity contribution in [1.82, 2.24) is 9.78 Å². The van der Waals surface area contributed by atoms with Gasteiger partial charge in [-0.1, -0.05) is 71.0 Å². The Balaban J connectivity index is 2.15. The monoisotopic (exact) mass is 391 g/mol. The van der Waals surface area contributed by atoms with E-state index in [2.05, 4.69) is 50.2 Å². The van der Waals surface area contributed by atoms with Crippen LogP contribution in [0.5, 0.6) is 0 Å². The number of nitrogens with one attached hydrogen (secondary N) is 1. The van der Waals surface area contributed by atoms with Crippen LogP contribution in [0.3, 0.4) is 0 Å². The van der Waals surface area contributed by atoms with Gasteiger partial charge < -0.3 is 5.32 Å². The largest absolute Gasteiger partial charge is 0.320 e. The van der Waals surface area contributed by atoms with Gasteiger partial charge in [-0.15, -0.1) is 0 Å². The van der Waals surface area contributed by atoms with Crippen LogP contribution in [0.4, 0.5) is 5.69 Å². The number of aromatic nitrogens is 2. The van der Waals surface area contributed by atoms with Gasteiger partial charge in [-0.2, -0.15) is 5.10 Å². The number of para-hydroxylation sites is 1. The number of hydrogen-bond donors (Lipinski definition) is 1. The number of aryl methyl sites for hydroxylation is 1. The van der Waals surface area contributed by atoms with Crippen molar-refractivity contribution in [3.05, 3.63) is 69.6 Å². The molecular formula is C24H29N3O2. The van der Waals surface area contributed by atoms with Gasteiger partial charge in [-0.25, -0.2) is 4.68 Å². The molecule has 0 spiro atoms. The maximum absolute atomic E-state index is 13.4. The number of fused-ring (bicyclic) bond motifs is 1. The second kappa shape index (κ2) is 8.60. The van der Waals surface area contributed by atoms with Gasteiger partial charge in [-0.05, 0) is 35.4 Å². The summed E-state index contributed by atoms with van der Waals surface area (Å²) in [7, 11) is 0. The Kier molecular flexibility index (Phi) is 6.16. The van der Waals surface area contributed by atoms with Crippen molar-refractivity contribution >= 4 is 22.4 Å². The molecule has 0 aliphatic heterocycles. The zero-order valence-electron chi connectivity index (χ0n) is 17.8. The molecule has 0 unspecified atom stereocenters. The van der Waals surface area contributed by atoms with Crippen LogP contribution in [-0.2, 0) is 6.54 Å². The molecule has 152 valence electrons. The number of hydrogen-bond acceptors (Lipinski definition) is 3. The Morgan fingerprint density at radius 1 is 0.966 bits per heavy atom. The molecule has 0 fully saturated rings. The summed E-state index contributed by atoms with van der Waals surface area (Å²) in [6.07, 6.45) is 0.764. The van der Waals surface area contributed by atoms with Gasteiger partial charge in [0.25, 0.3) is 11.5 Å². The molecular weight excluding hydrogens is 362 g/mol. The van der Waals surface area contributed by atoms with Gasteiger partial charge in [0.1, 0.15) is 0 Å². The lowest BCUT2D eigenvalue weighted by Crippen LogP contribution is -2.28. The van der Waals surface area contributed by atoms with E-state index in [1.165, 1.54) is 4.68 Å². The number of nitrogens with zero attached hydrogens (tertiary/aromatic N) is 2. The summed E-state index contributed by atoms with van der Waals surface area (Å²) in [6.45, 7) is 10.9. The molecule has 0 bridgehead atoms. The van der Waals surface area contributed by atoms with Gasteiger partial charge in [-0.3, -0.25) is 9.59 Å². The molecule has 0 aliphatic carbocycles. The average Bonchev–Trinajstić information content (AvgIpc) is 2.70. The van der Waals surface area contributed by atoms with Gasteiger partial charge in [0.2, 0.25) is 0 Å². The number of carbonyl (C=O) groups excluding carboxylic acids is 1. The Bertz CT molecular complexity index is 1070. The second-order valence-electron chi connectivity index (χ2n) is 8.00. The number of amides is 1. The van der Waals surface area contributed by atoms with Crippen molar-refractivity contribution in [2.75, 3.05) is 5.32 Å². The molecule has 3 aromatic rings. The Morgan fingerprint density at radius 2 is 1.55 bits per heavy atom. The number of carbonyl (C=O) groups is 1. The van der Waals surface area contributed by atoms with Crippen molar-refractivity contribution < 1.29 is 4.79 Å². The molecule has 0 atom stereocenters. The molecule has 1 aromatic heterocycles. The Labute approximate surface area is 171 Å². The minimum absolute atomic E-state index is 0.163. The van der Waals surface area contributed by atoms with Crippen LogP contribution in [0.2, 0.25) is 0 Å². The quantitative estimate of drug-likeness (QED) is 0.620. The highest BCUT2D eigenvalue weighted by Gasteiger charge is 2.20. The second-order valence-corrected chi connectivity index (χ2v) is 8.00. The van der Waals surface area contributed by atoms with Gasteiger partial charge in [0, 0.05) is 17.6 Å². The molecule has 29 heavy (non-hydrogen) atoms.